The van der Waals surface area contributed by atoms with Crippen molar-refractivity contribution in [2.45, 2.75) is 31.8 Å². The first-order chi connectivity index (χ1) is 9.62. The number of carbonyl (C=O) groups is 1. The van der Waals surface area contributed by atoms with Gasteiger partial charge in [0.15, 0.2) is 0 Å². The molecule has 20 heavy (non-hydrogen) atoms. The Bertz CT molecular complexity index is 484. The number of carbonyl (C=O) groups excluding carboxylic acids is 1. The van der Waals surface area contributed by atoms with Gasteiger partial charge in [-0.2, -0.15) is 0 Å². The molecule has 3 nitrogen and oxygen atoms in total. The highest BCUT2D eigenvalue weighted by Gasteiger charge is 2.46. The summed E-state index contributed by atoms with van der Waals surface area (Å²) in [7, 11) is 1.77. The molecule has 1 amide bonds. The molecule has 2 fully saturated rings. The minimum absolute atomic E-state index is 0.0162. The van der Waals surface area contributed by atoms with E-state index in [4.69, 9.17) is 4.74 Å². The van der Waals surface area contributed by atoms with Gasteiger partial charge < -0.3 is 9.64 Å². The molecular weight excluding hydrogens is 257 g/mol. The SMILES string of the molecule is COC1CC2(CCN(C(=O)c3ccc(F)cc3)CC2)C1. The predicted molar refractivity (Wildman–Crippen MR) is 74.0 cm³/mol. The molecule has 2 aliphatic rings. The second-order valence-electron chi connectivity index (χ2n) is 6.07. The molecule has 1 aromatic rings. The minimum Gasteiger partial charge on any atom is -0.381 e. The van der Waals surface area contributed by atoms with E-state index in [1.165, 1.54) is 12.1 Å². The van der Waals surface area contributed by atoms with Crippen LogP contribution in [0.5, 0.6) is 0 Å². The highest BCUT2D eigenvalue weighted by molar-refractivity contribution is 5.94. The number of ether oxygens (including phenoxy) is 1. The van der Waals surface area contributed by atoms with Gasteiger partial charge in [0.05, 0.1) is 6.10 Å². The summed E-state index contributed by atoms with van der Waals surface area (Å²) in [6.45, 7) is 1.60. The van der Waals surface area contributed by atoms with Crippen molar-refractivity contribution >= 4 is 5.91 Å². The lowest BCUT2D eigenvalue weighted by Gasteiger charge is -2.51. The van der Waals surface area contributed by atoms with Crippen molar-refractivity contribution in [3.05, 3.63) is 35.6 Å². The summed E-state index contributed by atoms with van der Waals surface area (Å²) in [5.41, 5.74) is 0.978. The van der Waals surface area contributed by atoms with E-state index < -0.39 is 0 Å². The van der Waals surface area contributed by atoms with E-state index in [1.54, 1.807) is 19.2 Å². The van der Waals surface area contributed by atoms with E-state index >= 15 is 0 Å². The molecule has 1 aromatic carbocycles. The lowest BCUT2D eigenvalue weighted by Crippen LogP contribution is -2.50. The molecule has 0 atom stereocenters. The maximum Gasteiger partial charge on any atom is 0.253 e. The number of nitrogens with zero attached hydrogens (tertiary/aromatic N) is 1. The molecule has 1 saturated heterocycles. The number of piperidine rings is 1. The van der Waals surface area contributed by atoms with Crippen LogP contribution in [-0.2, 0) is 4.74 Å². The Balaban J connectivity index is 1.58. The Labute approximate surface area is 118 Å². The van der Waals surface area contributed by atoms with Crippen molar-refractivity contribution < 1.29 is 13.9 Å². The molecule has 0 unspecified atom stereocenters. The van der Waals surface area contributed by atoms with Crippen molar-refractivity contribution in [1.29, 1.82) is 0 Å². The predicted octanol–water partition coefficient (Wildman–Crippen LogP) is 2.86. The second-order valence-corrected chi connectivity index (χ2v) is 6.07. The number of benzene rings is 1. The molecule has 3 rings (SSSR count). The van der Waals surface area contributed by atoms with E-state index in [0.717, 1.165) is 38.8 Å². The van der Waals surface area contributed by atoms with Crippen LogP contribution in [0.3, 0.4) is 0 Å². The van der Waals surface area contributed by atoms with Crippen LogP contribution >= 0.6 is 0 Å². The first-order valence-electron chi connectivity index (χ1n) is 7.20. The number of hydrogen-bond acceptors (Lipinski definition) is 2. The third kappa shape index (κ3) is 2.44. The van der Waals surface area contributed by atoms with Gasteiger partial charge in [0.25, 0.3) is 5.91 Å². The fraction of sp³-hybridized carbons (Fsp3) is 0.562. The fourth-order valence-electron chi connectivity index (χ4n) is 3.44. The van der Waals surface area contributed by atoms with Gasteiger partial charge in [-0.1, -0.05) is 0 Å². The molecule has 1 heterocycles. The monoisotopic (exact) mass is 277 g/mol. The lowest BCUT2D eigenvalue weighted by molar-refractivity contribution is -0.0841. The second kappa shape index (κ2) is 5.17. The highest BCUT2D eigenvalue weighted by Crippen LogP contribution is 2.50. The Morgan fingerprint density at radius 1 is 1.25 bits per heavy atom. The maximum atomic E-state index is 12.9. The first kappa shape index (κ1) is 13.6. The van der Waals surface area contributed by atoms with E-state index in [9.17, 15) is 9.18 Å². The number of methoxy groups -OCH3 is 1. The van der Waals surface area contributed by atoms with Crippen LogP contribution in [-0.4, -0.2) is 37.1 Å². The van der Waals surface area contributed by atoms with Crippen LogP contribution in [0.15, 0.2) is 24.3 Å². The number of hydrogen-bond donors (Lipinski definition) is 0. The maximum absolute atomic E-state index is 12.9. The van der Waals surface area contributed by atoms with Gasteiger partial charge in [-0.25, -0.2) is 4.39 Å². The molecule has 4 heteroatoms. The average molecular weight is 277 g/mol. The van der Waals surface area contributed by atoms with Crippen molar-refractivity contribution in [2.75, 3.05) is 20.2 Å². The Hall–Kier alpha value is -1.42. The number of rotatable bonds is 2. The van der Waals surface area contributed by atoms with Crippen molar-refractivity contribution in [3.63, 3.8) is 0 Å². The van der Waals surface area contributed by atoms with Gasteiger partial charge in [-0.3, -0.25) is 4.79 Å². The van der Waals surface area contributed by atoms with E-state index in [2.05, 4.69) is 0 Å². The zero-order chi connectivity index (χ0) is 14.2. The summed E-state index contributed by atoms with van der Waals surface area (Å²) in [6, 6.07) is 5.81. The zero-order valence-electron chi connectivity index (χ0n) is 11.8. The number of likely N-dealkylation sites (tertiary alicyclic amines) is 1. The van der Waals surface area contributed by atoms with Crippen molar-refractivity contribution in [1.82, 2.24) is 4.90 Å². The quantitative estimate of drug-likeness (QED) is 0.832. The molecular formula is C16H20FNO2. The van der Waals surface area contributed by atoms with Crippen molar-refractivity contribution in [3.8, 4) is 0 Å². The van der Waals surface area contributed by atoms with E-state index in [0.29, 0.717) is 17.1 Å². The summed E-state index contributed by atoms with van der Waals surface area (Å²) < 4.78 is 18.2. The smallest absolute Gasteiger partial charge is 0.253 e. The minimum atomic E-state index is -0.306. The standard InChI is InChI=1S/C16H20FNO2/c1-20-14-10-16(11-14)6-8-18(9-7-16)15(19)12-2-4-13(17)5-3-12/h2-5,14H,6-11H2,1H3. The summed E-state index contributed by atoms with van der Waals surface area (Å²) >= 11 is 0. The first-order valence-corrected chi connectivity index (χ1v) is 7.20. The molecule has 1 aliphatic carbocycles. The molecule has 1 aliphatic heterocycles. The zero-order valence-corrected chi connectivity index (χ0v) is 11.8. The van der Waals surface area contributed by atoms with Gasteiger partial charge in [0, 0.05) is 25.8 Å². The van der Waals surface area contributed by atoms with E-state index in [-0.39, 0.29) is 11.7 Å². The molecule has 1 spiro atoms. The molecule has 108 valence electrons. The topological polar surface area (TPSA) is 29.5 Å². The molecule has 1 saturated carbocycles. The number of amides is 1. The summed E-state index contributed by atoms with van der Waals surface area (Å²) in [4.78, 5) is 14.2. The largest absolute Gasteiger partial charge is 0.381 e. The van der Waals surface area contributed by atoms with Gasteiger partial charge in [0.1, 0.15) is 5.82 Å². The Morgan fingerprint density at radius 2 is 1.85 bits per heavy atom. The third-order valence-corrected chi connectivity index (χ3v) is 4.86. The molecule has 0 bridgehead atoms. The van der Waals surface area contributed by atoms with Crippen LogP contribution < -0.4 is 0 Å². The Morgan fingerprint density at radius 3 is 2.40 bits per heavy atom. The fourth-order valence-corrected chi connectivity index (χ4v) is 3.44. The van der Waals surface area contributed by atoms with Crippen LogP contribution in [0, 0.1) is 11.2 Å². The van der Waals surface area contributed by atoms with Crippen LogP contribution in [0.1, 0.15) is 36.0 Å². The van der Waals surface area contributed by atoms with Crippen LogP contribution in [0.4, 0.5) is 4.39 Å². The average Bonchev–Trinajstić information content (AvgIpc) is 2.45. The third-order valence-electron chi connectivity index (χ3n) is 4.86. The van der Waals surface area contributed by atoms with Gasteiger partial charge in [-0.05, 0) is 55.4 Å². The Kier molecular flexibility index (Phi) is 3.50. The molecule has 0 N–H and O–H groups in total. The summed E-state index contributed by atoms with van der Waals surface area (Å²) in [5, 5.41) is 0. The van der Waals surface area contributed by atoms with Crippen molar-refractivity contribution in [2.24, 2.45) is 5.41 Å². The van der Waals surface area contributed by atoms with Crippen LogP contribution in [0.25, 0.3) is 0 Å². The highest BCUT2D eigenvalue weighted by atomic mass is 19.1. The summed E-state index contributed by atoms with van der Waals surface area (Å²) in [6.07, 6.45) is 4.78. The van der Waals surface area contributed by atoms with E-state index in [1.807, 2.05) is 4.90 Å². The molecule has 0 radical (unpaired) electrons. The molecule has 0 aromatic heterocycles. The number of halogens is 1. The summed E-state index contributed by atoms with van der Waals surface area (Å²) in [5.74, 6) is -0.290. The van der Waals surface area contributed by atoms with Gasteiger partial charge in [-0.15, -0.1) is 0 Å². The normalized spacial score (nSPS) is 21.8. The van der Waals surface area contributed by atoms with Gasteiger partial charge in [0.2, 0.25) is 0 Å². The van der Waals surface area contributed by atoms with Gasteiger partial charge >= 0.3 is 0 Å². The lowest BCUT2D eigenvalue weighted by atomic mass is 9.61. The van der Waals surface area contributed by atoms with Crippen LogP contribution in [0.2, 0.25) is 0 Å².